The van der Waals surface area contributed by atoms with Crippen LogP contribution >= 0.6 is 15.9 Å². The molecule has 0 amide bonds. The fourth-order valence-electron chi connectivity index (χ4n) is 4.41. The van der Waals surface area contributed by atoms with Crippen LogP contribution in [0.5, 0.6) is 0 Å². The second kappa shape index (κ2) is 6.62. The van der Waals surface area contributed by atoms with E-state index in [1.165, 1.54) is 34.5 Å². The molecule has 0 aromatic heterocycles. The van der Waals surface area contributed by atoms with Crippen molar-refractivity contribution in [3.8, 4) is 0 Å². The van der Waals surface area contributed by atoms with Gasteiger partial charge in [0.25, 0.3) is 0 Å². The number of halogens is 1. The molecule has 0 spiro atoms. The normalized spacial score (nSPS) is 22.6. The second-order valence-corrected chi connectivity index (χ2v) is 8.60. The highest BCUT2D eigenvalue weighted by atomic mass is 79.9. The van der Waals surface area contributed by atoms with Gasteiger partial charge in [-0.05, 0) is 44.0 Å². The highest BCUT2D eigenvalue weighted by molar-refractivity contribution is 9.11. The Morgan fingerprint density at radius 1 is 1.12 bits per heavy atom. The molecular weight excluding hydrogens is 372 g/mol. The number of hydrogen-bond donors (Lipinski definition) is 0. The van der Waals surface area contributed by atoms with Crippen molar-refractivity contribution in [1.82, 2.24) is 4.90 Å². The van der Waals surface area contributed by atoms with E-state index >= 15 is 0 Å². The molecule has 25 heavy (non-hydrogen) atoms. The molecule has 0 aliphatic carbocycles. The van der Waals surface area contributed by atoms with Crippen molar-refractivity contribution in [3.05, 3.63) is 70.2 Å². The summed E-state index contributed by atoms with van der Waals surface area (Å²) in [5.41, 5.74) is 6.89. The van der Waals surface area contributed by atoms with Crippen molar-refractivity contribution in [2.24, 2.45) is 0 Å². The molecule has 1 saturated heterocycles. The van der Waals surface area contributed by atoms with E-state index in [0.717, 1.165) is 24.1 Å². The minimum Gasteiger partial charge on any atom is -0.337 e. The maximum absolute atomic E-state index is 4.03. The zero-order valence-electron chi connectivity index (χ0n) is 15.0. The Hall–Kier alpha value is -1.58. The maximum atomic E-state index is 4.03. The van der Waals surface area contributed by atoms with Crippen molar-refractivity contribution in [3.63, 3.8) is 0 Å². The summed E-state index contributed by atoms with van der Waals surface area (Å²) in [6.07, 6.45) is 1.19. The lowest BCUT2D eigenvalue weighted by Crippen LogP contribution is -2.45. The Morgan fingerprint density at radius 2 is 1.84 bits per heavy atom. The molecule has 0 N–H and O–H groups in total. The molecule has 3 heteroatoms. The van der Waals surface area contributed by atoms with Gasteiger partial charge < -0.3 is 4.90 Å². The third-order valence-electron chi connectivity index (χ3n) is 5.54. The molecule has 4 rings (SSSR count). The number of fused-ring (bicyclic) bond motifs is 3. The largest absolute Gasteiger partial charge is 0.337 e. The second-order valence-electron chi connectivity index (χ2n) is 7.48. The smallest absolute Gasteiger partial charge is 0.0450 e. The summed E-state index contributed by atoms with van der Waals surface area (Å²) in [7, 11) is 0. The zero-order valence-corrected chi connectivity index (χ0v) is 16.6. The van der Waals surface area contributed by atoms with Gasteiger partial charge in [-0.3, -0.25) is 4.90 Å². The lowest BCUT2D eigenvalue weighted by molar-refractivity contribution is 0.214. The van der Waals surface area contributed by atoms with Gasteiger partial charge in [0.2, 0.25) is 0 Å². The van der Waals surface area contributed by atoms with E-state index in [9.17, 15) is 0 Å². The molecule has 1 fully saturated rings. The number of rotatable bonds is 3. The monoisotopic (exact) mass is 396 g/mol. The molecule has 2 aliphatic rings. The molecule has 0 unspecified atom stereocenters. The first-order valence-corrected chi connectivity index (χ1v) is 9.84. The summed E-state index contributed by atoms with van der Waals surface area (Å²) in [5, 5.41) is 0. The van der Waals surface area contributed by atoms with Crippen LogP contribution in [-0.4, -0.2) is 30.6 Å². The summed E-state index contributed by atoms with van der Waals surface area (Å²) in [6, 6.07) is 16.5. The van der Waals surface area contributed by atoms with Crippen molar-refractivity contribution >= 4 is 27.3 Å². The lowest BCUT2D eigenvalue weighted by Gasteiger charge is -2.39. The summed E-state index contributed by atoms with van der Waals surface area (Å²) in [6.45, 7) is 11.6. The van der Waals surface area contributed by atoms with Crippen LogP contribution in [-0.2, 0) is 0 Å². The van der Waals surface area contributed by atoms with Crippen LogP contribution in [0, 0.1) is 13.8 Å². The SMILES string of the molecule is C=C(Br)CN1CC[C@@H]2[C@@H](C1)c1cc(C)ccc1N2c1ccc(C)cc1. The quantitative estimate of drug-likeness (QED) is 0.673. The van der Waals surface area contributed by atoms with Crippen LogP contribution in [0.2, 0.25) is 0 Å². The molecule has 2 aliphatic heterocycles. The number of anilines is 2. The lowest BCUT2D eigenvalue weighted by atomic mass is 9.88. The van der Waals surface area contributed by atoms with Crippen LogP contribution in [0.3, 0.4) is 0 Å². The van der Waals surface area contributed by atoms with Gasteiger partial charge >= 0.3 is 0 Å². The van der Waals surface area contributed by atoms with Crippen molar-refractivity contribution < 1.29 is 0 Å². The summed E-state index contributed by atoms with van der Waals surface area (Å²) in [5.74, 6) is 0.566. The molecule has 2 aromatic rings. The van der Waals surface area contributed by atoms with Gasteiger partial charge in [0.05, 0.1) is 0 Å². The van der Waals surface area contributed by atoms with Gasteiger partial charge in [0, 0.05) is 47.5 Å². The fourth-order valence-corrected chi connectivity index (χ4v) is 4.77. The van der Waals surface area contributed by atoms with Crippen LogP contribution < -0.4 is 4.90 Å². The number of likely N-dealkylation sites (tertiary alicyclic amines) is 1. The van der Waals surface area contributed by atoms with Gasteiger partial charge in [-0.15, -0.1) is 0 Å². The van der Waals surface area contributed by atoms with Gasteiger partial charge in [0.15, 0.2) is 0 Å². The van der Waals surface area contributed by atoms with E-state index in [1.54, 1.807) is 0 Å². The minimum atomic E-state index is 0.555. The highest BCUT2D eigenvalue weighted by Crippen LogP contribution is 2.48. The van der Waals surface area contributed by atoms with E-state index in [0.29, 0.717) is 12.0 Å². The standard InChI is InChI=1S/C22H25BrN2/c1-15-4-7-18(8-5-15)25-21-9-6-16(2)12-19(21)20-14-24(13-17(3)23)11-10-22(20)25/h4-9,12,20,22H,3,10-11,13-14H2,1-2H3/t20-,22+/m0/s1. The number of benzene rings is 2. The van der Waals surface area contributed by atoms with Crippen LogP contribution in [0.25, 0.3) is 0 Å². The minimum absolute atomic E-state index is 0.555. The third-order valence-corrected chi connectivity index (χ3v) is 5.79. The van der Waals surface area contributed by atoms with E-state index in [2.05, 4.69) is 88.6 Å². The maximum Gasteiger partial charge on any atom is 0.0450 e. The van der Waals surface area contributed by atoms with Gasteiger partial charge in [-0.25, -0.2) is 0 Å². The average molecular weight is 397 g/mol. The first kappa shape index (κ1) is 16.9. The highest BCUT2D eigenvalue weighted by Gasteiger charge is 2.42. The Morgan fingerprint density at radius 3 is 2.56 bits per heavy atom. The average Bonchev–Trinajstić information content (AvgIpc) is 2.88. The molecule has 130 valence electrons. The Kier molecular flexibility index (Phi) is 4.47. The van der Waals surface area contributed by atoms with Crippen molar-refractivity contribution in [2.45, 2.75) is 32.2 Å². The molecule has 2 heterocycles. The van der Waals surface area contributed by atoms with Crippen LogP contribution in [0.15, 0.2) is 53.5 Å². The van der Waals surface area contributed by atoms with E-state index in [1.807, 2.05) is 0 Å². The summed E-state index contributed by atoms with van der Waals surface area (Å²) < 4.78 is 1.07. The molecule has 0 saturated carbocycles. The van der Waals surface area contributed by atoms with E-state index in [4.69, 9.17) is 0 Å². The third kappa shape index (κ3) is 3.16. The molecule has 2 atom stereocenters. The molecule has 0 bridgehead atoms. The van der Waals surface area contributed by atoms with Crippen LogP contribution in [0.1, 0.15) is 29.0 Å². The van der Waals surface area contributed by atoms with Gasteiger partial charge in [-0.2, -0.15) is 0 Å². The molecule has 0 radical (unpaired) electrons. The van der Waals surface area contributed by atoms with Crippen molar-refractivity contribution in [2.75, 3.05) is 24.5 Å². The predicted molar refractivity (Wildman–Crippen MR) is 110 cm³/mol. The van der Waals surface area contributed by atoms with Crippen molar-refractivity contribution in [1.29, 1.82) is 0 Å². The number of piperidine rings is 1. The first-order chi connectivity index (χ1) is 12.0. The summed E-state index contributed by atoms with van der Waals surface area (Å²) >= 11 is 3.53. The molecular formula is C22H25BrN2. The number of aryl methyl sites for hydroxylation is 2. The Balaban J connectivity index is 1.73. The number of nitrogens with zero attached hydrogens (tertiary/aromatic N) is 2. The van der Waals surface area contributed by atoms with E-state index in [-0.39, 0.29) is 0 Å². The fraction of sp³-hybridized carbons (Fsp3) is 0.364. The Bertz CT molecular complexity index is 796. The van der Waals surface area contributed by atoms with Crippen LogP contribution in [0.4, 0.5) is 11.4 Å². The zero-order chi connectivity index (χ0) is 17.6. The van der Waals surface area contributed by atoms with E-state index < -0.39 is 0 Å². The van der Waals surface area contributed by atoms with Gasteiger partial charge in [-0.1, -0.05) is 57.9 Å². The Labute approximate surface area is 159 Å². The van der Waals surface area contributed by atoms with Gasteiger partial charge in [0.1, 0.15) is 0 Å². The number of hydrogen-bond acceptors (Lipinski definition) is 2. The summed E-state index contributed by atoms with van der Waals surface area (Å²) in [4.78, 5) is 5.11. The topological polar surface area (TPSA) is 6.48 Å². The molecule has 2 aromatic carbocycles. The predicted octanol–water partition coefficient (Wildman–Crippen LogP) is 5.52. The molecule has 2 nitrogen and oxygen atoms in total. The first-order valence-electron chi connectivity index (χ1n) is 9.05.